The second-order valence-corrected chi connectivity index (χ2v) is 4.17. The smallest absolute Gasteiger partial charge is 0.248 e. The molecule has 0 atom stereocenters. The highest BCUT2D eigenvalue weighted by Crippen LogP contribution is 2.28. The number of primary amides is 1. The second kappa shape index (κ2) is 3.35. The number of rotatable bonds is 1. The van der Waals surface area contributed by atoms with Crippen LogP contribution in [0.2, 0.25) is 0 Å². The summed E-state index contributed by atoms with van der Waals surface area (Å²) in [5.41, 5.74) is 8.12. The lowest BCUT2D eigenvalue weighted by Crippen LogP contribution is -2.10. The highest BCUT2D eigenvalue weighted by Gasteiger charge is 2.09. The molecule has 3 heteroatoms. The fourth-order valence-corrected chi connectivity index (χ4v) is 2.32. The third-order valence-electron chi connectivity index (χ3n) is 3.20. The molecule has 0 aliphatic heterocycles. The van der Waals surface area contributed by atoms with E-state index in [4.69, 9.17) is 5.73 Å². The van der Waals surface area contributed by atoms with Crippen LogP contribution in [-0.4, -0.2) is 10.5 Å². The molecular weight excluding hydrogens is 212 g/mol. The average Bonchev–Trinajstić information content (AvgIpc) is 2.64. The lowest BCUT2D eigenvalue weighted by molar-refractivity contribution is 0.100. The fraction of sp³-hybridized carbons (Fsp3) is 0.0714. The van der Waals surface area contributed by atoms with Crippen LogP contribution >= 0.6 is 0 Å². The van der Waals surface area contributed by atoms with Crippen LogP contribution in [0.1, 0.15) is 10.4 Å². The molecule has 3 rings (SSSR count). The molecule has 17 heavy (non-hydrogen) atoms. The molecule has 0 spiro atoms. The van der Waals surface area contributed by atoms with E-state index in [1.807, 2.05) is 31.3 Å². The summed E-state index contributed by atoms with van der Waals surface area (Å²) in [6.07, 6.45) is 0. The van der Waals surface area contributed by atoms with Gasteiger partial charge in [0.2, 0.25) is 5.91 Å². The van der Waals surface area contributed by atoms with Crippen molar-refractivity contribution in [1.29, 1.82) is 0 Å². The summed E-state index contributed by atoms with van der Waals surface area (Å²) in [5, 5.41) is 2.22. The number of benzene rings is 2. The average molecular weight is 224 g/mol. The van der Waals surface area contributed by atoms with Crippen molar-refractivity contribution in [2.75, 3.05) is 0 Å². The van der Waals surface area contributed by atoms with E-state index in [1.54, 1.807) is 6.07 Å². The van der Waals surface area contributed by atoms with E-state index >= 15 is 0 Å². The Kier molecular flexibility index (Phi) is 1.95. The van der Waals surface area contributed by atoms with Gasteiger partial charge in [0.15, 0.2) is 0 Å². The SMILES string of the molecule is Cn1c2ccccc2c2cc(C(N)=O)ccc21. The largest absolute Gasteiger partial charge is 0.366 e. The molecule has 2 aromatic carbocycles. The first kappa shape index (κ1) is 9.90. The van der Waals surface area contributed by atoms with E-state index < -0.39 is 0 Å². The van der Waals surface area contributed by atoms with Crippen LogP contribution in [0.4, 0.5) is 0 Å². The van der Waals surface area contributed by atoms with Crippen molar-refractivity contribution in [3.05, 3.63) is 48.0 Å². The topological polar surface area (TPSA) is 48.0 Å². The molecule has 0 saturated heterocycles. The number of aromatic nitrogens is 1. The summed E-state index contributed by atoms with van der Waals surface area (Å²) < 4.78 is 2.12. The quantitative estimate of drug-likeness (QED) is 0.678. The summed E-state index contributed by atoms with van der Waals surface area (Å²) in [6.45, 7) is 0. The number of para-hydroxylation sites is 1. The number of fused-ring (bicyclic) bond motifs is 3. The number of nitrogens with two attached hydrogens (primary N) is 1. The lowest BCUT2D eigenvalue weighted by Gasteiger charge is -1.98. The summed E-state index contributed by atoms with van der Waals surface area (Å²) in [7, 11) is 2.02. The maximum absolute atomic E-state index is 11.2. The fourth-order valence-electron chi connectivity index (χ4n) is 2.32. The summed E-state index contributed by atoms with van der Waals surface area (Å²) in [5.74, 6) is -0.389. The first-order valence-electron chi connectivity index (χ1n) is 5.45. The number of hydrogen-bond acceptors (Lipinski definition) is 1. The summed E-state index contributed by atoms with van der Waals surface area (Å²) in [6, 6.07) is 13.7. The Morgan fingerprint density at radius 2 is 1.76 bits per heavy atom. The monoisotopic (exact) mass is 224 g/mol. The molecule has 0 radical (unpaired) electrons. The van der Waals surface area contributed by atoms with Gasteiger partial charge in [0.05, 0.1) is 0 Å². The van der Waals surface area contributed by atoms with Crippen LogP contribution in [-0.2, 0) is 7.05 Å². The first-order chi connectivity index (χ1) is 8.18. The summed E-state index contributed by atoms with van der Waals surface area (Å²) in [4.78, 5) is 11.2. The number of aryl methyl sites for hydroxylation is 1. The van der Waals surface area contributed by atoms with Crippen molar-refractivity contribution >= 4 is 27.7 Å². The Labute approximate surface area is 98.4 Å². The number of amides is 1. The van der Waals surface area contributed by atoms with Crippen LogP contribution in [0.3, 0.4) is 0 Å². The maximum atomic E-state index is 11.2. The van der Waals surface area contributed by atoms with Crippen molar-refractivity contribution in [1.82, 2.24) is 4.57 Å². The van der Waals surface area contributed by atoms with Crippen molar-refractivity contribution in [3.63, 3.8) is 0 Å². The van der Waals surface area contributed by atoms with Gasteiger partial charge in [0.25, 0.3) is 0 Å². The van der Waals surface area contributed by atoms with Crippen molar-refractivity contribution in [2.24, 2.45) is 12.8 Å². The van der Waals surface area contributed by atoms with E-state index in [2.05, 4.69) is 16.7 Å². The lowest BCUT2D eigenvalue weighted by atomic mass is 10.1. The van der Waals surface area contributed by atoms with Crippen LogP contribution in [0.15, 0.2) is 42.5 Å². The number of carbonyl (C=O) groups is 1. The van der Waals surface area contributed by atoms with E-state index in [-0.39, 0.29) is 5.91 Å². The van der Waals surface area contributed by atoms with Gasteiger partial charge in [-0.25, -0.2) is 0 Å². The Hall–Kier alpha value is -2.29. The molecule has 1 aromatic heterocycles. The maximum Gasteiger partial charge on any atom is 0.248 e. The van der Waals surface area contributed by atoms with Gasteiger partial charge in [-0.3, -0.25) is 4.79 Å². The molecule has 0 saturated carbocycles. The van der Waals surface area contributed by atoms with Gasteiger partial charge in [-0.15, -0.1) is 0 Å². The molecule has 0 fully saturated rings. The second-order valence-electron chi connectivity index (χ2n) is 4.17. The number of carbonyl (C=O) groups excluding carboxylic acids is 1. The van der Waals surface area contributed by atoms with E-state index in [0.717, 1.165) is 21.8 Å². The van der Waals surface area contributed by atoms with Crippen LogP contribution in [0.5, 0.6) is 0 Å². The molecule has 0 unspecified atom stereocenters. The van der Waals surface area contributed by atoms with E-state index in [0.29, 0.717) is 5.56 Å². The first-order valence-corrected chi connectivity index (χ1v) is 5.45. The zero-order chi connectivity index (χ0) is 12.0. The van der Waals surface area contributed by atoms with Gasteiger partial charge in [-0.05, 0) is 24.3 Å². The minimum Gasteiger partial charge on any atom is -0.366 e. The minimum absolute atomic E-state index is 0.389. The highest BCUT2D eigenvalue weighted by atomic mass is 16.1. The number of nitrogens with zero attached hydrogens (tertiary/aromatic N) is 1. The Balaban J connectivity index is 2.50. The highest BCUT2D eigenvalue weighted by molar-refractivity contribution is 6.10. The molecule has 0 bridgehead atoms. The van der Waals surface area contributed by atoms with Crippen molar-refractivity contribution in [2.45, 2.75) is 0 Å². The summed E-state index contributed by atoms with van der Waals surface area (Å²) >= 11 is 0. The molecule has 1 amide bonds. The standard InChI is InChI=1S/C14H12N2O/c1-16-12-5-3-2-4-10(12)11-8-9(14(15)17)6-7-13(11)16/h2-8H,1H3,(H2,15,17). The molecule has 84 valence electrons. The predicted molar refractivity (Wildman–Crippen MR) is 68.9 cm³/mol. The molecule has 3 aromatic rings. The minimum atomic E-state index is -0.389. The Bertz CT molecular complexity index is 740. The van der Waals surface area contributed by atoms with Gasteiger partial charge in [0, 0.05) is 34.4 Å². The zero-order valence-electron chi connectivity index (χ0n) is 9.47. The van der Waals surface area contributed by atoms with Gasteiger partial charge < -0.3 is 10.3 Å². The molecule has 3 nitrogen and oxygen atoms in total. The normalized spacial score (nSPS) is 11.1. The molecular formula is C14H12N2O. The van der Waals surface area contributed by atoms with Gasteiger partial charge >= 0.3 is 0 Å². The molecule has 1 heterocycles. The Morgan fingerprint density at radius 1 is 1.06 bits per heavy atom. The molecule has 0 aliphatic carbocycles. The van der Waals surface area contributed by atoms with Gasteiger partial charge in [-0.1, -0.05) is 18.2 Å². The third kappa shape index (κ3) is 1.32. The Morgan fingerprint density at radius 3 is 2.53 bits per heavy atom. The zero-order valence-corrected chi connectivity index (χ0v) is 9.47. The number of hydrogen-bond donors (Lipinski definition) is 1. The van der Waals surface area contributed by atoms with Gasteiger partial charge in [0.1, 0.15) is 0 Å². The van der Waals surface area contributed by atoms with E-state index in [9.17, 15) is 4.79 Å². The predicted octanol–water partition coefficient (Wildman–Crippen LogP) is 2.43. The molecule has 2 N–H and O–H groups in total. The van der Waals surface area contributed by atoms with Crippen LogP contribution in [0.25, 0.3) is 21.8 Å². The third-order valence-corrected chi connectivity index (χ3v) is 3.20. The van der Waals surface area contributed by atoms with Crippen molar-refractivity contribution < 1.29 is 4.79 Å². The van der Waals surface area contributed by atoms with Crippen LogP contribution < -0.4 is 5.73 Å². The van der Waals surface area contributed by atoms with E-state index in [1.165, 1.54) is 0 Å². The van der Waals surface area contributed by atoms with Crippen molar-refractivity contribution in [3.8, 4) is 0 Å². The molecule has 0 aliphatic rings. The van der Waals surface area contributed by atoms with Gasteiger partial charge in [-0.2, -0.15) is 0 Å². The van der Waals surface area contributed by atoms with Crippen LogP contribution in [0, 0.1) is 0 Å².